The zero-order valence-electron chi connectivity index (χ0n) is 22.7. The molecule has 3 aromatic heterocycles. The normalized spacial score (nSPS) is 13.8. The second-order valence-corrected chi connectivity index (χ2v) is 16.8. The van der Waals surface area contributed by atoms with Crippen LogP contribution in [0.15, 0.2) is 115 Å². The van der Waals surface area contributed by atoms with Crippen LogP contribution in [0.3, 0.4) is 0 Å². The van der Waals surface area contributed by atoms with Crippen LogP contribution in [-0.2, 0) is 0 Å². The Balaban J connectivity index is 1.52. The Hall–Kier alpha value is -4.58. The van der Waals surface area contributed by atoms with Gasteiger partial charge in [0.2, 0.25) is 0 Å². The summed E-state index contributed by atoms with van der Waals surface area (Å²) in [5.41, 5.74) is 5.81. The molecular formula is C36H25N3SSi. The Morgan fingerprint density at radius 3 is 2.24 bits per heavy atom. The third kappa shape index (κ3) is 3.07. The molecule has 0 atom stereocenters. The van der Waals surface area contributed by atoms with Gasteiger partial charge in [-0.05, 0) is 28.9 Å². The van der Waals surface area contributed by atoms with E-state index in [0.717, 1.165) is 22.9 Å². The summed E-state index contributed by atoms with van der Waals surface area (Å²) in [5, 5.41) is 7.88. The Morgan fingerprint density at radius 1 is 0.634 bits per heavy atom. The maximum atomic E-state index is 5.50. The number of rotatable bonds is 2. The first-order chi connectivity index (χ1) is 20.1. The molecule has 0 bridgehead atoms. The number of hydrogen-bond donors (Lipinski definition) is 0. The molecule has 0 unspecified atom stereocenters. The fraction of sp³-hybridized carbons (Fsp3) is 0.0556. The summed E-state index contributed by atoms with van der Waals surface area (Å²) in [4.78, 5) is 10.8. The van der Waals surface area contributed by atoms with E-state index < -0.39 is 8.07 Å². The quantitative estimate of drug-likeness (QED) is 0.199. The number of para-hydroxylation sites is 1. The van der Waals surface area contributed by atoms with E-state index in [1.54, 1.807) is 0 Å². The van der Waals surface area contributed by atoms with Crippen molar-refractivity contribution in [3.8, 4) is 28.5 Å². The molecule has 5 heteroatoms. The highest BCUT2D eigenvalue weighted by atomic mass is 32.1. The van der Waals surface area contributed by atoms with Crippen molar-refractivity contribution in [2.24, 2.45) is 0 Å². The fourth-order valence-electron chi connectivity index (χ4n) is 6.95. The molecule has 1 aliphatic rings. The highest BCUT2D eigenvalue weighted by molar-refractivity contribution is 7.26. The molecule has 3 nitrogen and oxygen atoms in total. The van der Waals surface area contributed by atoms with Crippen molar-refractivity contribution in [1.29, 1.82) is 0 Å². The van der Waals surface area contributed by atoms with Crippen molar-refractivity contribution in [3.05, 3.63) is 115 Å². The number of aromatic nitrogens is 3. The van der Waals surface area contributed by atoms with Gasteiger partial charge in [-0.15, -0.1) is 11.3 Å². The van der Waals surface area contributed by atoms with Crippen LogP contribution in [0, 0.1) is 0 Å². The summed E-state index contributed by atoms with van der Waals surface area (Å²) in [6.07, 6.45) is 0. The molecule has 0 spiro atoms. The number of benzene rings is 5. The van der Waals surface area contributed by atoms with Gasteiger partial charge in [0.25, 0.3) is 0 Å². The molecule has 0 aliphatic carbocycles. The van der Waals surface area contributed by atoms with Gasteiger partial charge in [-0.25, -0.2) is 9.97 Å². The molecule has 0 radical (unpaired) electrons. The van der Waals surface area contributed by atoms with Gasteiger partial charge in [0, 0.05) is 41.7 Å². The third-order valence-electron chi connectivity index (χ3n) is 8.79. The van der Waals surface area contributed by atoms with E-state index in [2.05, 4.69) is 133 Å². The van der Waals surface area contributed by atoms with Crippen LogP contribution >= 0.6 is 11.3 Å². The van der Waals surface area contributed by atoms with E-state index in [9.17, 15) is 0 Å². The van der Waals surface area contributed by atoms with Crippen molar-refractivity contribution in [2.45, 2.75) is 13.1 Å². The molecule has 0 amide bonds. The lowest BCUT2D eigenvalue weighted by Gasteiger charge is -2.23. The van der Waals surface area contributed by atoms with Crippen LogP contribution in [0.5, 0.6) is 0 Å². The van der Waals surface area contributed by atoms with Crippen molar-refractivity contribution >= 4 is 71.8 Å². The molecule has 0 saturated carbocycles. The lowest BCUT2D eigenvalue weighted by molar-refractivity contribution is 1.06. The minimum atomic E-state index is -2.13. The van der Waals surface area contributed by atoms with Crippen molar-refractivity contribution in [2.75, 3.05) is 0 Å². The van der Waals surface area contributed by atoms with Gasteiger partial charge in [-0.2, -0.15) is 0 Å². The smallest absolute Gasteiger partial charge is 0.162 e. The molecule has 5 aromatic carbocycles. The highest BCUT2D eigenvalue weighted by Crippen LogP contribution is 2.43. The van der Waals surface area contributed by atoms with Crippen LogP contribution in [0.25, 0.3) is 70.4 Å². The summed E-state index contributed by atoms with van der Waals surface area (Å²) >= 11 is 1.87. The lowest BCUT2D eigenvalue weighted by atomic mass is 10.1. The van der Waals surface area contributed by atoms with E-state index in [-0.39, 0.29) is 0 Å². The van der Waals surface area contributed by atoms with Gasteiger partial charge in [-0.3, -0.25) is 4.57 Å². The standard InChI is InChI=1S/C36H25N3SSi/c1-41(2)30-19-11-8-16-26(30)32-34(41)36(38-35(37-32)22-12-4-3-5-13-22)39-27-17-9-6-14-23(27)24-20-21-29-31(33(24)39)25-15-7-10-18-28(25)40-29/h3-21H,1-2H3. The zero-order chi connectivity index (χ0) is 27.3. The van der Waals surface area contributed by atoms with Gasteiger partial charge >= 0.3 is 0 Å². The van der Waals surface area contributed by atoms with Gasteiger partial charge in [-0.1, -0.05) is 110 Å². The molecule has 1 aliphatic heterocycles. The monoisotopic (exact) mass is 559 g/mol. The van der Waals surface area contributed by atoms with Crippen LogP contribution in [0.1, 0.15) is 0 Å². The van der Waals surface area contributed by atoms with Crippen LogP contribution in [-0.4, -0.2) is 22.6 Å². The summed E-state index contributed by atoms with van der Waals surface area (Å²) in [5.74, 6) is 1.80. The summed E-state index contributed by atoms with van der Waals surface area (Å²) in [6.45, 7) is 4.91. The molecule has 194 valence electrons. The first kappa shape index (κ1) is 23.2. The first-order valence-electron chi connectivity index (χ1n) is 14.0. The largest absolute Gasteiger partial charge is 0.293 e. The second kappa shape index (κ2) is 8.23. The van der Waals surface area contributed by atoms with Crippen molar-refractivity contribution < 1.29 is 0 Å². The first-order valence-corrected chi connectivity index (χ1v) is 17.8. The SMILES string of the molecule is C[Si]1(C)c2ccccc2-c2nc(-c3ccccc3)nc(-n3c4ccccc4c4ccc5sc6ccccc6c5c43)c21. The summed E-state index contributed by atoms with van der Waals surface area (Å²) < 4.78 is 5.09. The minimum absolute atomic E-state index is 0.772. The van der Waals surface area contributed by atoms with E-state index in [4.69, 9.17) is 9.97 Å². The molecule has 9 rings (SSSR count). The molecule has 0 saturated heterocycles. The number of thiophene rings is 1. The topological polar surface area (TPSA) is 30.7 Å². The molecule has 8 aromatic rings. The number of fused-ring (bicyclic) bond motifs is 10. The number of hydrogen-bond acceptors (Lipinski definition) is 3. The Morgan fingerprint density at radius 2 is 1.37 bits per heavy atom. The van der Waals surface area contributed by atoms with E-state index in [1.165, 1.54) is 57.9 Å². The average molecular weight is 560 g/mol. The van der Waals surface area contributed by atoms with Crippen molar-refractivity contribution in [1.82, 2.24) is 14.5 Å². The molecule has 4 heterocycles. The van der Waals surface area contributed by atoms with E-state index >= 15 is 0 Å². The van der Waals surface area contributed by atoms with Crippen LogP contribution in [0.2, 0.25) is 13.1 Å². The lowest BCUT2D eigenvalue weighted by Crippen LogP contribution is -2.51. The maximum Gasteiger partial charge on any atom is 0.162 e. The predicted octanol–water partition coefficient (Wildman–Crippen LogP) is 8.41. The highest BCUT2D eigenvalue weighted by Gasteiger charge is 2.42. The molecule has 41 heavy (non-hydrogen) atoms. The predicted molar refractivity (Wildman–Crippen MR) is 177 cm³/mol. The van der Waals surface area contributed by atoms with Gasteiger partial charge in [0.1, 0.15) is 13.9 Å². The Bertz CT molecular complexity index is 2350. The number of nitrogens with zero attached hydrogens (tertiary/aromatic N) is 3. The molecule has 0 fully saturated rings. The maximum absolute atomic E-state index is 5.50. The summed E-state index contributed by atoms with van der Waals surface area (Å²) in [6, 6.07) is 41.5. The van der Waals surface area contributed by atoms with Crippen molar-refractivity contribution in [3.63, 3.8) is 0 Å². The van der Waals surface area contributed by atoms with Gasteiger partial charge in [0.05, 0.1) is 16.7 Å². The van der Waals surface area contributed by atoms with Crippen LogP contribution in [0.4, 0.5) is 0 Å². The average Bonchev–Trinajstić information content (AvgIpc) is 3.63. The fourth-order valence-corrected chi connectivity index (χ4v) is 11.2. The summed E-state index contributed by atoms with van der Waals surface area (Å²) in [7, 11) is -2.13. The Labute approximate surface area is 242 Å². The zero-order valence-corrected chi connectivity index (χ0v) is 24.5. The van der Waals surface area contributed by atoms with E-state index in [1.807, 2.05) is 11.3 Å². The van der Waals surface area contributed by atoms with Gasteiger partial charge in [0.15, 0.2) is 5.82 Å². The second-order valence-electron chi connectivity index (χ2n) is 11.4. The third-order valence-corrected chi connectivity index (χ3v) is 13.4. The van der Waals surface area contributed by atoms with E-state index in [0.29, 0.717) is 0 Å². The molecular weight excluding hydrogens is 535 g/mol. The van der Waals surface area contributed by atoms with Crippen LogP contribution < -0.4 is 10.4 Å². The molecule has 0 N–H and O–H groups in total. The Kier molecular flexibility index (Phi) is 4.65. The minimum Gasteiger partial charge on any atom is -0.293 e. The van der Waals surface area contributed by atoms with Gasteiger partial charge < -0.3 is 0 Å².